The largest absolute Gasteiger partial charge is 0.342 e. The Morgan fingerprint density at radius 1 is 1.28 bits per heavy atom. The van der Waals surface area contributed by atoms with Gasteiger partial charge < -0.3 is 9.42 Å². The lowest BCUT2D eigenvalue weighted by molar-refractivity contribution is -0.130. The third-order valence-corrected chi connectivity index (χ3v) is 5.28. The van der Waals surface area contributed by atoms with Crippen molar-refractivity contribution < 1.29 is 18.1 Å². The number of alkyl halides is 2. The second kappa shape index (κ2) is 8.21. The smallest absolute Gasteiger partial charge is 0.251 e. The number of carbonyl (C=O) groups is 1. The van der Waals surface area contributed by atoms with E-state index in [1.807, 2.05) is 9.80 Å². The van der Waals surface area contributed by atoms with Crippen molar-refractivity contribution in [3.63, 3.8) is 0 Å². The second-order valence-electron chi connectivity index (χ2n) is 7.19. The molecule has 2 fully saturated rings. The first-order valence-electron chi connectivity index (χ1n) is 9.09. The first-order chi connectivity index (χ1) is 12.0. The molecule has 1 aromatic rings. The molecule has 140 valence electrons. The van der Waals surface area contributed by atoms with E-state index in [0.29, 0.717) is 43.7 Å². The molecule has 8 heteroatoms. The molecule has 2 aliphatic rings. The first kappa shape index (κ1) is 18.2. The van der Waals surface area contributed by atoms with Gasteiger partial charge in [0.2, 0.25) is 11.8 Å². The monoisotopic (exact) mass is 356 g/mol. The molecule has 1 unspecified atom stereocenters. The third kappa shape index (κ3) is 4.96. The fraction of sp³-hybridized carbons (Fsp3) is 0.824. The first-order valence-corrected chi connectivity index (χ1v) is 9.09. The Hall–Kier alpha value is -1.57. The molecule has 0 saturated carbocycles. The number of likely N-dealkylation sites (tertiary alicyclic amines) is 2. The van der Waals surface area contributed by atoms with Gasteiger partial charge in [0.05, 0.1) is 6.54 Å². The molecule has 1 amide bonds. The molecule has 2 aliphatic heterocycles. The Balaban J connectivity index is 1.50. The molecule has 1 aromatic heterocycles. The van der Waals surface area contributed by atoms with Gasteiger partial charge in [-0.3, -0.25) is 9.69 Å². The molecule has 0 radical (unpaired) electrons. The summed E-state index contributed by atoms with van der Waals surface area (Å²) in [5, 5.41) is 4.12. The molecular formula is C17H26F2N4O2. The van der Waals surface area contributed by atoms with E-state index in [0.717, 1.165) is 32.2 Å². The van der Waals surface area contributed by atoms with Crippen LogP contribution in [0.5, 0.6) is 0 Å². The highest BCUT2D eigenvalue weighted by Gasteiger charge is 2.28. The summed E-state index contributed by atoms with van der Waals surface area (Å²) in [5.41, 5.74) is 0. The number of piperidine rings is 2. The third-order valence-electron chi connectivity index (χ3n) is 5.28. The Morgan fingerprint density at radius 2 is 2.04 bits per heavy atom. The van der Waals surface area contributed by atoms with E-state index < -0.39 is 6.43 Å². The van der Waals surface area contributed by atoms with Gasteiger partial charge >= 0.3 is 0 Å². The van der Waals surface area contributed by atoms with E-state index in [-0.39, 0.29) is 18.4 Å². The van der Waals surface area contributed by atoms with Gasteiger partial charge in [-0.05, 0) is 44.7 Å². The van der Waals surface area contributed by atoms with Crippen LogP contribution in [0.4, 0.5) is 8.78 Å². The van der Waals surface area contributed by atoms with Crippen LogP contribution in [0.25, 0.3) is 0 Å². The van der Waals surface area contributed by atoms with E-state index in [4.69, 9.17) is 4.52 Å². The maximum absolute atomic E-state index is 12.4. The van der Waals surface area contributed by atoms with Gasteiger partial charge in [0.25, 0.3) is 6.43 Å². The van der Waals surface area contributed by atoms with Gasteiger partial charge in [0.15, 0.2) is 5.82 Å². The minimum absolute atomic E-state index is 0.0870. The van der Waals surface area contributed by atoms with E-state index >= 15 is 0 Å². The van der Waals surface area contributed by atoms with Crippen molar-refractivity contribution >= 4 is 5.91 Å². The highest BCUT2D eigenvalue weighted by Crippen LogP contribution is 2.26. The van der Waals surface area contributed by atoms with Crippen LogP contribution >= 0.6 is 0 Å². The molecule has 0 aliphatic carbocycles. The molecule has 0 N–H and O–H groups in total. The van der Waals surface area contributed by atoms with Crippen LogP contribution < -0.4 is 0 Å². The molecule has 1 atom stereocenters. The molecule has 3 rings (SSSR count). The number of carbonyl (C=O) groups excluding carboxylic acids is 1. The predicted octanol–water partition coefficient (Wildman–Crippen LogP) is 2.32. The van der Waals surface area contributed by atoms with Gasteiger partial charge in [-0.15, -0.1) is 0 Å². The topological polar surface area (TPSA) is 62.5 Å². The van der Waals surface area contributed by atoms with E-state index in [9.17, 15) is 13.6 Å². The van der Waals surface area contributed by atoms with Gasteiger partial charge in [-0.2, -0.15) is 4.98 Å². The van der Waals surface area contributed by atoms with Gasteiger partial charge in [-0.1, -0.05) is 5.16 Å². The van der Waals surface area contributed by atoms with E-state index in [2.05, 4.69) is 10.1 Å². The standard InChI is InChI=1S/C17H26F2N4O2/c1-12(24)23-6-2-3-14(10-23)17-20-16(25-21-17)9-13-4-7-22(8-5-13)11-15(18)19/h13-15H,2-11H2,1H3. The molecule has 25 heavy (non-hydrogen) atoms. The van der Waals surface area contributed by atoms with Gasteiger partial charge in [0, 0.05) is 32.4 Å². The normalized spacial score (nSPS) is 23.4. The molecular weight excluding hydrogens is 330 g/mol. The van der Waals surface area contributed by atoms with Crippen molar-refractivity contribution in [3.8, 4) is 0 Å². The molecule has 6 nitrogen and oxygen atoms in total. The second-order valence-corrected chi connectivity index (χ2v) is 7.19. The van der Waals surface area contributed by atoms with Crippen molar-refractivity contribution in [3.05, 3.63) is 11.7 Å². The van der Waals surface area contributed by atoms with Crippen LogP contribution in [0.1, 0.15) is 50.2 Å². The zero-order valence-electron chi connectivity index (χ0n) is 14.7. The summed E-state index contributed by atoms with van der Waals surface area (Å²) >= 11 is 0. The van der Waals surface area contributed by atoms with Crippen LogP contribution in [0.2, 0.25) is 0 Å². The zero-order valence-corrected chi connectivity index (χ0v) is 14.7. The van der Waals surface area contributed by atoms with Gasteiger partial charge in [0.1, 0.15) is 0 Å². The Labute approximate surface area is 146 Å². The lowest BCUT2D eigenvalue weighted by Gasteiger charge is -2.31. The van der Waals surface area contributed by atoms with Crippen LogP contribution in [-0.2, 0) is 11.2 Å². The average Bonchev–Trinajstić information content (AvgIpc) is 3.05. The molecule has 0 aromatic carbocycles. The average molecular weight is 356 g/mol. The van der Waals surface area contributed by atoms with Gasteiger partial charge in [-0.25, -0.2) is 8.78 Å². The number of amides is 1. The number of rotatable bonds is 5. The maximum Gasteiger partial charge on any atom is 0.251 e. The fourth-order valence-corrected chi connectivity index (χ4v) is 3.81. The number of hydrogen-bond acceptors (Lipinski definition) is 5. The van der Waals surface area contributed by atoms with Crippen molar-refractivity contribution in [1.82, 2.24) is 19.9 Å². The van der Waals surface area contributed by atoms with Crippen molar-refractivity contribution in [2.24, 2.45) is 5.92 Å². The Bertz CT molecular complexity index is 573. The summed E-state index contributed by atoms with van der Waals surface area (Å²) in [6, 6.07) is 0. The van der Waals surface area contributed by atoms with Crippen molar-refractivity contribution in [1.29, 1.82) is 0 Å². The number of halogens is 2. The van der Waals surface area contributed by atoms with Crippen molar-refractivity contribution in [2.45, 2.75) is 51.4 Å². The summed E-state index contributed by atoms with van der Waals surface area (Å²) in [5.74, 6) is 1.95. The van der Waals surface area contributed by atoms with E-state index in [1.54, 1.807) is 6.92 Å². The van der Waals surface area contributed by atoms with Crippen LogP contribution in [0, 0.1) is 5.92 Å². The SMILES string of the molecule is CC(=O)N1CCCC(c2noc(CC3CCN(CC(F)F)CC3)n2)C1. The quantitative estimate of drug-likeness (QED) is 0.810. The lowest BCUT2D eigenvalue weighted by atomic mass is 9.93. The number of hydrogen-bond donors (Lipinski definition) is 0. The Morgan fingerprint density at radius 3 is 2.72 bits per heavy atom. The molecule has 0 bridgehead atoms. The lowest BCUT2D eigenvalue weighted by Crippen LogP contribution is -2.38. The summed E-state index contributed by atoms with van der Waals surface area (Å²) in [6.07, 6.45) is 2.13. The Kier molecular flexibility index (Phi) is 5.98. The predicted molar refractivity (Wildman–Crippen MR) is 87.4 cm³/mol. The van der Waals surface area contributed by atoms with Crippen molar-refractivity contribution in [2.75, 3.05) is 32.7 Å². The van der Waals surface area contributed by atoms with E-state index in [1.165, 1.54) is 0 Å². The maximum atomic E-state index is 12.4. The molecule has 3 heterocycles. The highest BCUT2D eigenvalue weighted by atomic mass is 19.3. The van der Waals surface area contributed by atoms with Crippen LogP contribution in [-0.4, -0.2) is 65.0 Å². The number of nitrogens with zero attached hydrogens (tertiary/aromatic N) is 4. The fourth-order valence-electron chi connectivity index (χ4n) is 3.81. The summed E-state index contributed by atoms with van der Waals surface area (Å²) in [4.78, 5) is 19.7. The number of aromatic nitrogens is 2. The van der Waals surface area contributed by atoms with Crippen LogP contribution in [0.3, 0.4) is 0 Å². The molecule has 2 saturated heterocycles. The minimum atomic E-state index is -2.26. The van der Waals surface area contributed by atoms with Crippen LogP contribution in [0.15, 0.2) is 4.52 Å². The highest BCUT2D eigenvalue weighted by molar-refractivity contribution is 5.73. The minimum Gasteiger partial charge on any atom is -0.342 e. The summed E-state index contributed by atoms with van der Waals surface area (Å²) in [7, 11) is 0. The zero-order chi connectivity index (χ0) is 17.8. The molecule has 0 spiro atoms. The summed E-state index contributed by atoms with van der Waals surface area (Å²) in [6.45, 7) is 4.31. The summed E-state index contributed by atoms with van der Waals surface area (Å²) < 4.78 is 30.3.